The fourth-order valence-corrected chi connectivity index (χ4v) is 2.02. The number of hydrogen-bond donors (Lipinski definition) is 2. The summed E-state index contributed by atoms with van der Waals surface area (Å²) in [4.78, 5) is 12.0. The number of anilines is 1. The van der Waals surface area contributed by atoms with E-state index in [1.165, 1.54) is 0 Å². The third kappa shape index (κ3) is 5.04. The van der Waals surface area contributed by atoms with E-state index in [0.717, 1.165) is 15.7 Å². The largest absolute Gasteiger partial charge is 0.330 e. The van der Waals surface area contributed by atoms with E-state index in [0.29, 0.717) is 12.5 Å². The molecule has 1 aromatic carbocycles. The minimum atomic E-state index is -0.103. The fourth-order valence-electron chi connectivity index (χ4n) is 1.66. The summed E-state index contributed by atoms with van der Waals surface area (Å²) in [6.45, 7) is 4.59. The van der Waals surface area contributed by atoms with Crippen LogP contribution in [0.15, 0.2) is 24.3 Å². The third-order valence-corrected chi connectivity index (χ3v) is 3.24. The molecule has 0 saturated heterocycles. The van der Waals surface area contributed by atoms with Gasteiger partial charge in [-0.2, -0.15) is 0 Å². The van der Waals surface area contributed by atoms with Crippen LogP contribution in [-0.2, 0) is 4.79 Å². The van der Waals surface area contributed by atoms with E-state index in [2.05, 4.69) is 41.8 Å². The molecule has 0 bridgehead atoms. The number of amides is 1. The van der Waals surface area contributed by atoms with Crippen molar-refractivity contribution in [1.29, 1.82) is 0 Å². The maximum Gasteiger partial charge on any atom is 0.228 e. The Hall–Kier alpha value is -0.620. The van der Waals surface area contributed by atoms with Crippen LogP contribution in [0.5, 0.6) is 0 Å². The number of rotatable bonds is 5. The minimum Gasteiger partial charge on any atom is -0.330 e. The van der Waals surface area contributed by atoms with Crippen LogP contribution in [0.3, 0.4) is 0 Å². The van der Waals surface area contributed by atoms with Gasteiger partial charge in [0.25, 0.3) is 0 Å². The summed E-state index contributed by atoms with van der Waals surface area (Å²) >= 11 is 2.23. The Kier molecular flexibility index (Phi) is 5.91. The lowest BCUT2D eigenvalue weighted by Crippen LogP contribution is -2.30. The molecule has 1 aromatic rings. The van der Waals surface area contributed by atoms with Gasteiger partial charge in [0.15, 0.2) is 0 Å². The quantitative estimate of drug-likeness (QED) is 0.806. The summed E-state index contributed by atoms with van der Waals surface area (Å²) in [7, 11) is 0. The van der Waals surface area contributed by atoms with Gasteiger partial charge in [0.2, 0.25) is 5.91 Å². The molecule has 0 fully saturated rings. The molecule has 0 saturated carbocycles. The van der Waals surface area contributed by atoms with Crippen LogP contribution >= 0.6 is 22.6 Å². The lowest BCUT2D eigenvalue weighted by Gasteiger charge is -2.16. The molecular weight excluding hydrogens is 327 g/mol. The molecule has 0 spiro atoms. The van der Waals surface area contributed by atoms with Gasteiger partial charge in [-0.15, -0.1) is 0 Å². The second kappa shape index (κ2) is 6.96. The van der Waals surface area contributed by atoms with E-state index in [-0.39, 0.29) is 11.8 Å². The highest BCUT2D eigenvalue weighted by molar-refractivity contribution is 14.1. The lowest BCUT2D eigenvalue weighted by atomic mass is 9.96. The molecule has 1 rings (SSSR count). The Balaban J connectivity index is 2.60. The van der Waals surface area contributed by atoms with Crippen LogP contribution < -0.4 is 11.1 Å². The predicted molar refractivity (Wildman–Crippen MR) is 79.8 cm³/mol. The molecule has 3 nitrogen and oxygen atoms in total. The average molecular weight is 346 g/mol. The molecule has 17 heavy (non-hydrogen) atoms. The molecule has 0 radical (unpaired) electrons. The Bertz CT molecular complexity index is 362. The summed E-state index contributed by atoms with van der Waals surface area (Å²) in [6.07, 6.45) is 0.826. The molecule has 0 heterocycles. The average Bonchev–Trinajstić information content (AvgIpc) is 2.28. The van der Waals surface area contributed by atoms with E-state index in [1.54, 1.807) is 0 Å². The second-order valence-corrected chi connectivity index (χ2v) is 5.80. The molecule has 0 aliphatic carbocycles. The monoisotopic (exact) mass is 346 g/mol. The molecular formula is C13H19IN2O. The van der Waals surface area contributed by atoms with Crippen LogP contribution in [0.2, 0.25) is 0 Å². The number of halogens is 1. The van der Waals surface area contributed by atoms with Crippen molar-refractivity contribution < 1.29 is 4.79 Å². The van der Waals surface area contributed by atoms with Crippen molar-refractivity contribution in [3.8, 4) is 0 Å². The Morgan fingerprint density at radius 1 is 1.35 bits per heavy atom. The molecule has 94 valence electrons. The van der Waals surface area contributed by atoms with Gasteiger partial charge in [-0.05, 0) is 59.2 Å². The fraction of sp³-hybridized carbons (Fsp3) is 0.462. The standard InChI is InChI=1S/C13H19IN2O/c1-9(2)7-10(8-15)13(17)16-12-5-3-11(14)4-6-12/h3-6,9-10H,7-8,15H2,1-2H3,(H,16,17). The lowest BCUT2D eigenvalue weighted by molar-refractivity contribution is -0.120. The predicted octanol–water partition coefficient (Wildman–Crippen LogP) is 2.85. The molecule has 0 aromatic heterocycles. The van der Waals surface area contributed by atoms with Gasteiger partial charge in [0.05, 0.1) is 5.92 Å². The number of hydrogen-bond acceptors (Lipinski definition) is 2. The van der Waals surface area contributed by atoms with Crippen molar-refractivity contribution in [1.82, 2.24) is 0 Å². The van der Waals surface area contributed by atoms with Crippen molar-refractivity contribution in [2.45, 2.75) is 20.3 Å². The maximum atomic E-state index is 12.0. The summed E-state index contributed by atoms with van der Waals surface area (Å²) in [5.74, 6) is 0.391. The van der Waals surface area contributed by atoms with Crippen molar-refractivity contribution >= 4 is 34.2 Å². The van der Waals surface area contributed by atoms with Gasteiger partial charge >= 0.3 is 0 Å². The highest BCUT2D eigenvalue weighted by atomic mass is 127. The van der Waals surface area contributed by atoms with E-state index < -0.39 is 0 Å². The van der Waals surface area contributed by atoms with Crippen molar-refractivity contribution in [2.75, 3.05) is 11.9 Å². The van der Waals surface area contributed by atoms with Crippen molar-refractivity contribution in [3.05, 3.63) is 27.8 Å². The van der Waals surface area contributed by atoms with Crippen molar-refractivity contribution in [3.63, 3.8) is 0 Å². The van der Waals surface area contributed by atoms with Gasteiger partial charge in [-0.3, -0.25) is 4.79 Å². The first kappa shape index (κ1) is 14.4. The SMILES string of the molecule is CC(C)CC(CN)C(=O)Nc1ccc(I)cc1. The minimum absolute atomic E-state index is 0.0161. The van der Waals surface area contributed by atoms with E-state index in [9.17, 15) is 4.79 Å². The smallest absolute Gasteiger partial charge is 0.228 e. The van der Waals surface area contributed by atoms with Gasteiger partial charge in [0, 0.05) is 15.8 Å². The highest BCUT2D eigenvalue weighted by Crippen LogP contribution is 2.15. The Morgan fingerprint density at radius 2 is 1.94 bits per heavy atom. The maximum absolute atomic E-state index is 12.0. The molecule has 4 heteroatoms. The topological polar surface area (TPSA) is 55.1 Å². The number of nitrogens with two attached hydrogens (primary N) is 1. The van der Waals surface area contributed by atoms with Crippen LogP contribution in [0, 0.1) is 15.4 Å². The molecule has 1 atom stereocenters. The zero-order valence-corrected chi connectivity index (χ0v) is 12.4. The number of carbonyl (C=O) groups excluding carboxylic acids is 1. The Labute approximate surface area is 116 Å². The number of nitrogens with one attached hydrogen (secondary N) is 1. The summed E-state index contributed by atoms with van der Waals surface area (Å²) < 4.78 is 1.15. The van der Waals surface area contributed by atoms with Gasteiger partial charge in [-0.25, -0.2) is 0 Å². The molecule has 0 aliphatic rings. The number of carbonyl (C=O) groups is 1. The van der Waals surface area contributed by atoms with E-state index in [4.69, 9.17) is 5.73 Å². The Morgan fingerprint density at radius 3 is 2.41 bits per heavy atom. The van der Waals surface area contributed by atoms with Crippen LogP contribution in [0.25, 0.3) is 0 Å². The normalized spacial score (nSPS) is 12.5. The van der Waals surface area contributed by atoms with Gasteiger partial charge in [0.1, 0.15) is 0 Å². The summed E-state index contributed by atoms with van der Waals surface area (Å²) in [5, 5.41) is 2.90. The van der Waals surface area contributed by atoms with Gasteiger partial charge < -0.3 is 11.1 Å². The molecule has 0 aliphatic heterocycles. The first-order chi connectivity index (χ1) is 8.02. The molecule has 1 unspecified atom stereocenters. The zero-order chi connectivity index (χ0) is 12.8. The summed E-state index contributed by atoms with van der Waals surface area (Å²) in [6, 6.07) is 7.75. The first-order valence-corrected chi connectivity index (χ1v) is 6.87. The highest BCUT2D eigenvalue weighted by Gasteiger charge is 2.18. The van der Waals surface area contributed by atoms with E-state index >= 15 is 0 Å². The second-order valence-electron chi connectivity index (χ2n) is 4.56. The van der Waals surface area contributed by atoms with Crippen molar-refractivity contribution in [2.24, 2.45) is 17.6 Å². The molecule has 3 N–H and O–H groups in total. The van der Waals surface area contributed by atoms with E-state index in [1.807, 2.05) is 24.3 Å². The molecule has 1 amide bonds. The van der Waals surface area contributed by atoms with Crippen LogP contribution in [0.1, 0.15) is 20.3 Å². The summed E-state index contributed by atoms with van der Waals surface area (Å²) in [5.41, 5.74) is 6.47. The van der Waals surface area contributed by atoms with Crippen LogP contribution in [0.4, 0.5) is 5.69 Å². The third-order valence-electron chi connectivity index (χ3n) is 2.52. The first-order valence-electron chi connectivity index (χ1n) is 5.79. The number of benzene rings is 1. The van der Waals surface area contributed by atoms with Crippen LogP contribution in [-0.4, -0.2) is 12.5 Å². The zero-order valence-electron chi connectivity index (χ0n) is 10.2. The van der Waals surface area contributed by atoms with Gasteiger partial charge in [-0.1, -0.05) is 13.8 Å².